The minimum atomic E-state index is 0.777. The fourth-order valence-corrected chi connectivity index (χ4v) is 4.29. The zero-order chi connectivity index (χ0) is 14.8. The molecule has 0 radical (unpaired) electrons. The SMILES string of the molecule is CCCNCCCCCCN1CCC2(CCCCC2)CC1. The summed E-state index contributed by atoms with van der Waals surface area (Å²) in [6.07, 6.45) is 17.4. The Bertz CT molecular complexity index is 248. The van der Waals surface area contributed by atoms with E-state index in [0.717, 1.165) is 5.41 Å². The summed E-state index contributed by atoms with van der Waals surface area (Å²) in [6, 6.07) is 0. The van der Waals surface area contributed by atoms with Gasteiger partial charge in [0.15, 0.2) is 0 Å². The lowest BCUT2D eigenvalue weighted by Gasteiger charge is -2.44. The Morgan fingerprint density at radius 1 is 0.810 bits per heavy atom. The van der Waals surface area contributed by atoms with Crippen LogP contribution in [0.3, 0.4) is 0 Å². The van der Waals surface area contributed by atoms with Crippen molar-refractivity contribution in [3.05, 3.63) is 0 Å². The summed E-state index contributed by atoms with van der Waals surface area (Å²) in [4.78, 5) is 2.75. The normalized spacial score (nSPS) is 22.7. The highest BCUT2D eigenvalue weighted by Crippen LogP contribution is 2.44. The minimum absolute atomic E-state index is 0.777. The third-order valence-electron chi connectivity index (χ3n) is 5.84. The van der Waals surface area contributed by atoms with Gasteiger partial charge in [0.1, 0.15) is 0 Å². The first-order chi connectivity index (χ1) is 10.3. The van der Waals surface area contributed by atoms with Crippen LogP contribution >= 0.6 is 0 Å². The van der Waals surface area contributed by atoms with E-state index < -0.39 is 0 Å². The van der Waals surface area contributed by atoms with Crippen LogP contribution in [-0.2, 0) is 0 Å². The van der Waals surface area contributed by atoms with Gasteiger partial charge in [-0.1, -0.05) is 39.0 Å². The van der Waals surface area contributed by atoms with E-state index >= 15 is 0 Å². The molecule has 1 saturated heterocycles. The molecule has 2 nitrogen and oxygen atoms in total. The molecule has 124 valence electrons. The molecule has 1 aliphatic carbocycles. The van der Waals surface area contributed by atoms with Gasteiger partial charge in [0.05, 0.1) is 0 Å². The zero-order valence-corrected chi connectivity index (χ0v) is 14.5. The van der Waals surface area contributed by atoms with E-state index in [9.17, 15) is 0 Å². The van der Waals surface area contributed by atoms with Gasteiger partial charge in [-0.15, -0.1) is 0 Å². The predicted octanol–water partition coefficient (Wildman–Crippen LogP) is 4.59. The van der Waals surface area contributed by atoms with Gasteiger partial charge in [-0.2, -0.15) is 0 Å². The second kappa shape index (κ2) is 9.84. The molecule has 2 aliphatic rings. The number of likely N-dealkylation sites (tertiary alicyclic amines) is 1. The average Bonchev–Trinajstić information content (AvgIpc) is 2.53. The number of hydrogen-bond acceptors (Lipinski definition) is 2. The van der Waals surface area contributed by atoms with Crippen molar-refractivity contribution in [3.8, 4) is 0 Å². The lowest BCUT2D eigenvalue weighted by Crippen LogP contribution is -2.41. The van der Waals surface area contributed by atoms with Crippen LogP contribution in [0.4, 0.5) is 0 Å². The van der Waals surface area contributed by atoms with Gasteiger partial charge < -0.3 is 10.2 Å². The zero-order valence-electron chi connectivity index (χ0n) is 14.5. The summed E-state index contributed by atoms with van der Waals surface area (Å²) < 4.78 is 0. The van der Waals surface area contributed by atoms with E-state index in [1.54, 1.807) is 0 Å². The van der Waals surface area contributed by atoms with E-state index in [-0.39, 0.29) is 0 Å². The molecular weight excluding hydrogens is 256 g/mol. The molecular formula is C19H38N2. The lowest BCUT2D eigenvalue weighted by molar-refractivity contribution is 0.0670. The third-order valence-corrected chi connectivity index (χ3v) is 5.84. The summed E-state index contributed by atoms with van der Waals surface area (Å²) in [5.41, 5.74) is 0.777. The Morgan fingerprint density at radius 3 is 2.24 bits per heavy atom. The van der Waals surface area contributed by atoms with Gasteiger partial charge in [-0.25, -0.2) is 0 Å². The maximum atomic E-state index is 3.50. The van der Waals surface area contributed by atoms with Crippen LogP contribution in [0.15, 0.2) is 0 Å². The number of unbranched alkanes of at least 4 members (excludes halogenated alkanes) is 3. The van der Waals surface area contributed by atoms with E-state index in [1.807, 2.05) is 0 Å². The molecule has 0 aromatic rings. The Hall–Kier alpha value is -0.0800. The van der Waals surface area contributed by atoms with Gasteiger partial charge in [0.25, 0.3) is 0 Å². The Morgan fingerprint density at radius 2 is 1.52 bits per heavy atom. The van der Waals surface area contributed by atoms with Crippen molar-refractivity contribution in [2.24, 2.45) is 5.41 Å². The second-order valence-electron chi connectivity index (χ2n) is 7.57. The van der Waals surface area contributed by atoms with Crippen molar-refractivity contribution in [2.45, 2.75) is 84.0 Å². The van der Waals surface area contributed by atoms with Gasteiger partial charge in [0, 0.05) is 0 Å². The summed E-state index contributed by atoms with van der Waals surface area (Å²) in [5, 5.41) is 3.50. The molecule has 0 amide bonds. The number of rotatable bonds is 9. The van der Waals surface area contributed by atoms with Crippen LogP contribution in [0, 0.1) is 5.41 Å². The highest BCUT2D eigenvalue weighted by molar-refractivity contribution is 4.88. The molecule has 1 N–H and O–H groups in total. The topological polar surface area (TPSA) is 15.3 Å². The van der Waals surface area contributed by atoms with Crippen molar-refractivity contribution >= 4 is 0 Å². The number of nitrogens with one attached hydrogen (secondary N) is 1. The Labute approximate surface area is 133 Å². The van der Waals surface area contributed by atoms with Gasteiger partial charge >= 0.3 is 0 Å². The minimum Gasteiger partial charge on any atom is -0.317 e. The second-order valence-corrected chi connectivity index (χ2v) is 7.57. The molecule has 2 rings (SSSR count). The third kappa shape index (κ3) is 6.28. The van der Waals surface area contributed by atoms with Crippen LogP contribution in [-0.4, -0.2) is 37.6 Å². The van der Waals surface area contributed by atoms with Gasteiger partial charge in [0.2, 0.25) is 0 Å². The average molecular weight is 295 g/mol. The molecule has 0 unspecified atom stereocenters. The first kappa shape index (κ1) is 17.3. The molecule has 1 spiro atoms. The van der Waals surface area contributed by atoms with Crippen LogP contribution in [0.2, 0.25) is 0 Å². The molecule has 2 heteroatoms. The maximum Gasteiger partial charge on any atom is -0.00134 e. The lowest BCUT2D eigenvalue weighted by atomic mass is 9.68. The maximum absolute atomic E-state index is 3.50. The van der Waals surface area contributed by atoms with E-state index in [4.69, 9.17) is 0 Å². The molecule has 21 heavy (non-hydrogen) atoms. The molecule has 0 bridgehead atoms. The first-order valence-electron chi connectivity index (χ1n) is 9.78. The van der Waals surface area contributed by atoms with E-state index in [2.05, 4.69) is 17.1 Å². The number of hydrogen-bond donors (Lipinski definition) is 1. The largest absolute Gasteiger partial charge is 0.317 e. The van der Waals surface area contributed by atoms with Crippen molar-refractivity contribution in [2.75, 3.05) is 32.7 Å². The Kier molecular flexibility index (Phi) is 8.10. The van der Waals surface area contributed by atoms with Crippen molar-refractivity contribution in [1.82, 2.24) is 10.2 Å². The molecule has 1 saturated carbocycles. The highest BCUT2D eigenvalue weighted by Gasteiger charge is 2.35. The standard InChI is InChI=1S/C19H38N2/c1-2-14-20-15-8-3-4-9-16-21-17-12-19(13-18-21)10-6-5-7-11-19/h20H,2-18H2,1H3. The molecule has 2 fully saturated rings. The molecule has 0 aromatic heterocycles. The van der Waals surface area contributed by atoms with Crippen molar-refractivity contribution in [1.29, 1.82) is 0 Å². The summed E-state index contributed by atoms with van der Waals surface area (Å²) in [5.74, 6) is 0. The van der Waals surface area contributed by atoms with Gasteiger partial charge in [-0.3, -0.25) is 0 Å². The predicted molar refractivity (Wildman–Crippen MR) is 92.8 cm³/mol. The first-order valence-corrected chi connectivity index (χ1v) is 9.78. The van der Waals surface area contributed by atoms with Crippen LogP contribution in [0.5, 0.6) is 0 Å². The fourth-order valence-electron chi connectivity index (χ4n) is 4.29. The summed E-state index contributed by atoms with van der Waals surface area (Å²) >= 11 is 0. The smallest absolute Gasteiger partial charge is 0.00134 e. The van der Waals surface area contributed by atoms with Crippen molar-refractivity contribution < 1.29 is 0 Å². The fraction of sp³-hybridized carbons (Fsp3) is 1.00. The highest BCUT2D eigenvalue weighted by atomic mass is 15.1. The van der Waals surface area contributed by atoms with Crippen LogP contribution < -0.4 is 5.32 Å². The quantitative estimate of drug-likeness (QED) is 0.626. The monoisotopic (exact) mass is 294 g/mol. The van der Waals surface area contributed by atoms with Crippen LogP contribution in [0.25, 0.3) is 0 Å². The van der Waals surface area contributed by atoms with E-state index in [1.165, 1.54) is 110 Å². The van der Waals surface area contributed by atoms with E-state index in [0.29, 0.717) is 0 Å². The molecule has 1 aliphatic heterocycles. The van der Waals surface area contributed by atoms with Gasteiger partial charge in [-0.05, 0) is 83.1 Å². The summed E-state index contributed by atoms with van der Waals surface area (Å²) in [7, 11) is 0. The summed E-state index contributed by atoms with van der Waals surface area (Å²) in [6.45, 7) is 8.78. The Balaban J connectivity index is 1.45. The number of piperidine rings is 1. The molecule has 0 aromatic carbocycles. The molecule has 1 heterocycles. The number of nitrogens with zero attached hydrogens (tertiary/aromatic N) is 1. The van der Waals surface area contributed by atoms with Crippen molar-refractivity contribution in [3.63, 3.8) is 0 Å². The molecule has 0 atom stereocenters. The van der Waals surface area contributed by atoms with Crippen LogP contribution in [0.1, 0.15) is 84.0 Å².